The Hall–Kier alpha value is -1.82. The van der Waals surface area contributed by atoms with Crippen LogP contribution >= 0.6 is 0 Å². The molecule has 0 amide bonds. The van der Waals surface area contributed by atoms with Crippen LogP contribution in [0.3, 0.4) is 0 Å². The van der Waals surface area contributed by atoms with Crippen LogP contribution in [0.25, 0.3) is 16.0 Å². The maximum Gasteiger partial charge on any atom is 0.525 e. The summed E-state index contributed by atoms with van der Waals surface area (Å²) in [5, 5.41) is 3.55. The van der Waals surface area contributed by atoms with Crippen molar-refractivity contribution in [3.8, 4) is 0 Å². The largest absolute Gasteiger partial charge is 0.525 e. The van der Waals surface area contributed by atoms with Gasteiger partial charge in [0.15, 0.2) is 0 Å². The summed E-state index contributed by atoms with van der Waals surface area (Å²) in [6.07, 6.45) is 0. The van der Waals surface area contributed by atoms with E-state index in [2.05, 4.69) is 10.0 Å². The smallest absolute Gasteiger partial charge is 0.398 e. The molecule has 1 aromatic carbocycles. The first-order valence-electron chi connectivity index (χ1n) is 7.92. The minimum Gasteiger partial charge on any atom is -0.398 e. The summed E-state index contributed by atoms with van der Waals surface area (Å²) < 4.78 is 26.8. The molecule has 0 atom stereocenters. The van der Waals surface area contributed by atoms with Crippen LogP contribution in [0.2, 0.25) is 0 Å². The topological polar surface area (TPSA) is 67.2 Å². The van der Waals surface area contributed by atoms with Gasteiger partial charge in [0.05, 0.1) is 17.7 Å². The fourth-order valence-corrected chi connectivity index (χ4v) is 2.63. The second kappa shape index (κ2) is 6.59. The van der Waals surface area contributed by atoms with E-state index in [1.807, 2.05) is 59.7 Å². The fraction of sp³-hybridized carbons (Fsp3) is 0.529. The molecule has 2 rings (SSSR count). The number of hydrogen-bond acceptors (Lipinski definition) is 3. The standard InChI is InChI=1S/C17H23BFN3O2/c1-11-7-8-13(12(2)9-11)14(10-21-22-20)15(19)18-23-16(3,4)17(5,6)24-18/h7-9H,10H2,1-6H3. The van der Waals surface area contributed by atoms with Crippen molar-refractivity contribution in [3.05, 3.63) is 51.1 Å². The third kappa shape index (κ3) is 3.48. The molecule has 0 radical (unpaired) electrons. The van der Waals surface area contributed by atoms with Gasteiger partial charge in [-0.2, -0.15) is 0 Å². The monoisotopic (exact) mass is 331 g/mol. The summed E-state index contributed by atoms with van der Waals surface area (Å²) in [5.74, 6) is 0. The molecule has 0 unspecified atom stereocenters. The Labute approximate surface area is 142 Å². The Morgan fingerprint density at radius 3 is 2.29 bits per heavy atom. The Morgan fingerprint density at radius 2 is 1.79 bits per heavy atom. The van der Waals surface area contributed by atoms with Crippen LogP contribution in [0.1, 0.15) is 44.4 Å². The van der Waals surface area contributed by atoms with Gasteiger partial charge in [0.1, 0.15) is 5.73 Å². The van der Waals surface area contributed by atoms with Gasteiger partial charge in [0, 0.05) is 4.91 Å². The average Bonchev–Trinajstić information content (AvgIpc) is 2.69. The van der Waals surface area contributed by atoms with Crippen molar-refractivity contribution in [3.63, 3.8) is 0 Å². The first-order valence-corrected chi connectivity index (χ1v) is 7.92. The highest BCUT2D eigenvalue weighted by molar-refractivity contribution is 6.55. The van der Waals surface area contributed by atoms with E-state index in [9.17, 15) is 0 Å². The van der Waals surface area contributed by atoms with E-state index >= 15 is 4.39 Å². The van der Waals surface area contributed by atoms with E-state index in [-0.39, 0.29) is 6.54 Å². The van der Waals surface area contributed by atoms with E-state index in [0.717, 1.165) is 11.1 Å². The summed E-state index contributed by atoms with van der Waals surface area (Å²) in [6.45, 7) is 11.2. The zero-order chi connectivity index (χ0) is 18.1. The predicted molar refractivity (Wildman–Crippen MR) is 94.0 cm³/mol. The average molecular weight is 331 g/mol. The van der Waals surface area contributed by atoms with Crippen LogP contribution in [-0.2, 0) is 9.31 Å². The molecule has 1 heterocycles. The number of hydrogen-bond donors (Lipinski definition) is 0. The molecule has 24 heavy (non-hydrogen) atoms. The normalized spacial score (nSPS) is 19.7. The molecular weight excluding hydrogens is 308 g/mol. The van der Waals surface area contributed by atoms with Crippen LogP contribution < -0.4 is 0 Å². The molecule has 0 aliphatic carbocycles. The number of azide groups is 1. The number of aryl methyl sites for hydroxylation is 2. The second-order valence-corrected chi connectivity index (χ2v) is 7.12. The van der Waals surface area contributed by atoms with Crippen molar-refractivity contribution < 1.29 is 13.7 Å². The number of nitrogens with zero attached hydrogens (tertiary/aromatic N) is 3. The SMILES string of the molecule is Cc1ccc(C(CN=[N+]=[N-])=C(F)B2OC(C)(C)C(C)(C)O2)c(C)c1. The van der Waals surface area contributed by atoms with Crippen molar-refractivity contribution in [2.75, 3.05) is 6.54 Å². The Balaban J connectivity index is 2.50. The zero-order valence-electron chi connectivity index (χ0n) is 15.1. The van der Waals surface area contributed by atoms with Gasteiger partial charge >= 0.3 is 7.12 Å². The quantitative estimate of drug-likeness (QED) is 0.340. The van der Waals surface area contributed by atoms with Gasteiger partial charge in [0.2, 0.25) is 0 Å². The van der Waals surface area contributed by atoms with E-state index in [0.29, 0.717) is 11.1 Å². The number of benzene rings is 1. The molecular formula is C17H23BFN3O2. The van der Waals surface area contributed by atoms with Crippen molar-refractivity contribution in [2.24, 2.45) is 5.11 Å². The maximum absolute atomic E-state index is 15.2. The van der Waals surface area contributed by atoms with Gasteiger partial charge in [-0.15, -0.1) is 0 Å². The third-order valence-electron chi connectivity index (χ3n) is 4.75. The summed E-state index contributed by atoms with van der Waals surface area (Å²) in [6, 6.07) is 5.69. The Bertz CT molecular complexity index is 709. The first-order chi connectivity index (χ1) is 11.1. The van der Waals surface area contributed by atoms with Crippen molar-refractivity contribution in [1.29, 1.82) is 0 Å². The Kier molecular flexibility index (Phi) is 5.09. The lowest BCUT2D eigenvalue weighted by Gasteiger charge is -2.32. The molecule has 0 N–H and O–H groups in total. The third-order valence-corrected chi connectivity index (χ3v) is 4.75. The van der Waals surface area contributed by atoms with Crippen LogP contribution in [0.5, 0.6) is 0 Å². The van der Waals surface area contributed by atoms with Crippen molar-refractivity contribution >= 4 is 12.7 Å². The van der Waals surface area contributed by atoms with Gasteiger partial charge in [-0.1, -0.05) is 28.9 Å². The molecule has 1 aliphatic rings. The highest BCUT2D eigenvalue weighted by atomic mass is 19.1. The van der Waals surface area contributed by atoms with Crippen LogP contribution in [0.15, 0.2) is 29.0 Å². The lowest BCUT2D eigenvalue weighted by atomic mass is 9.82. The highest BCUT2D eigenvalue weighted by Crippen LogP contribution is 2.40. The van der Waals surface area contributed by atoms with Gasteiger partial charge in [-0.3, -0.25) is 0 Å². The van der Waals surface area contributed by atoms with Crippen LogP contribution in [-0.4, -0.2) is 24.9 Å². The van der Waals surface area contributed by atoms with Crippen molar-refractivity contribution in [2.45, 2.75) is 52.7 Å². The van der Waals surface area contributed by atoms with Crippen molar-refractivity contribution in [1.82, 2.24) is 0 Å². The summed E-state index contributed by atoms with van der Waals surface area (Å²) >= 11 is 0. The molecule has 0 aromatic heterocycles. The molecule has 0 saturated carbocycles. The van der Waals surface area contributed by atoms with Crippen LogP contribution in [0, 0.1) is 13.8 Å². The lowest BCUT2D eigenvalue weighted by Crippen LogP contribution is -2.41. The van der Waals surface area contributed by atoms with Gasteiger partial charge in [0.25, 0.3) is 0 Å². The maximum atomic E-state index is 15.2. The van der Waals surface area contributed by atoms with E-state index in [4.69, 9.17) is 14.8 Å². The summed E-state index contributed by atoms with van der Waals surface area (Å²) in [5.41, 5.74) is 9.79. The molecule has 1 aromatic rings. The molecule has 1 saturated heterocycles. The minimum atomic E-state index is -1.11. The summed E-state index contributed by atoms with van der Waals surface area (Å²) in [7, 11) is -1.11. The van der Waals surface area contributed by atoms with E-state index < -0.39 is 24.0 Å². The molecule has 128 valence electrons. The zero-order valence-corrected chi connectivity index (χ0v) is 15.1. The van der Waals surface area contributed by atoms with Gasteiger partial charge < -0.3 is 9.31 Å². The van der Waals surface area contributed by atoms with Crippen LogP contribution in [0.4, 0.5) is 4.39 Å². The Morgan fingerprint density at radius 1 is 1.21 bits per heavy atom. The minimum absolute atomic E-state index is 0.101. The van der Waals surface area contributed by atoms with E-state index in [1.54, 1.807) is 0 Å². The lowest BCUT2D eigenvalue weighted by molar-refractivity contribution is 0.00578. The highest BCUT2D eigenvalue weighted by Gasteiger charge is 2.53. The fourth-order valence-electron chi connectivity index (χ4n) is 2.63. The number of halogens is 1. The van der Waals surface area contributed by atoms with E-state index in [1.165, 1.54) is 0 Å². The molecule has 7 heteroatoms. The first kappa shape index (κ1) is 18.5. The molecule has 1 fully saturated rings. The summed E-state index contributed by atoms with van der Waals surface area (Å²) in [4.78, 5) is 2.76. The number of rotatable bonds is 4. The second-order valence-electron chi connectivity index (χ2n) is 7.12. The molecule has 0 bridgehead atoms. The molecule has 0 spiro atoms. The van der Waals surface area contributed by atoms with Gasteiger partial charge in [-0.25, -0.2) is 4.39 Å². The van der Waals surface area contributed by atoms with Gasteiger partial charge in [-0.05, 0) is 63.8 Å². The predicted octanol–water partition coefficient (Wildman–Crippen LogP) is 4.93. The molecule has 1 aliphatic heterocycles. The molecule has 5 nitrogen and oxygen atoms in total.